The number of carbonyl (C=O) groups excluding carboxylic acids is 3. The van der Waals surface area contributed by atoms with Crippen LogP contribution in [0.5, 0.6) is 0 Å². The molecule has 1 aliphatic rings. The number of nitrogens with one attached hydrogen (secondary N) is 1. The van der Waals surface area contributed by atoms with Crippen LogP contribution < -0.4 is 5.32 Å². The van der Waals surface area contributed by atoms with E-state index in [0.717, 1.165) is 6.42 Å². The van der Waals surface area contributed by atoms with Gasteiger partial charge in [-0.15, -0.1) is 0 Å². The summed E-state index contributed by atoms with van der Waals surface area (Å²) in [6, 6.07) is -0.672. The van der Waals surface area contributed by atoms with Crippen LogP contribution in [0.15, 0.2) is 0 Å². The molecule has 0 unspecified atom stereocenters. The van der Waals surface area contributed by atoms with Crippen LogP contribution in [-0.4, -0.2) is 43.0 Å². The van der Waals surface area contributed by atoms with Crippen molar-refractivity contribution in [1.82, 2.24) is 5.32 Å². The van der Waals surface area contributed by atoms with E-state index in [-0.39, 0.29) is 12.5 Å². The fourth-order valence-corrected chi connectivity index (χ4v) is 1.47. The first kappa shape index (κ1) is 14.6. The van der Waals surface area contributed by atoms with Crippen molar-refractivity contribution in [2.45, 2.75) is 45.4 Å². The molecule has 101 valence electrons. The lowest BCUT2D eigenvalue weighted by atomic mass is 10.0. The normalized spacial score (nSPS) is 24.8. The van der Waals surface area contributed by atoms with Gasteiger partial charge in [-0.05, 0) is 12.8 Å². The Balaban J connectivity index is 2.43. The maximum atomic E-state index is 11.7. The Bertz CT molecular complexity index is 330. The molecular formula is C12H18NO5. The van der Waals surface area contributed by atoms with Gasteiger partial charge in [-0.2, -0.15) is 0 Å². The van der Waals surface area contributed by atoms with Gasteiger partial charge in [-0.3, -0.25) is 9.59 Å². The Kier molecular flexibility index (Phi) is 5.27. The van der Waals surface area contributed by atoms with Crippen LogP contribution in [0.1, 0.15) is 27.2 Å². The number of hydrogen-bond donors (Lipinski definition) is 1. The molecule has 1 N–H and O–H groups in total. The molecule has 1 saturated heterocycles. The van der Waals surface area contributed by atoms with E-state index in [0.29, 0.717) is 0 Å². The molecule has 1 heterocycles. The topological polar surface area (TPSA) is 85.0 Å². The third-order valence-electron chi connectivity index (χ3n) is 2.91. The third kappa shape index (κ3) is 3.53. The molecule has 0 aromatic rings. The average Bonchev–Trinajstić information content (AvgIpc) is 3.15. The zero-order valence-electron chi connectivity index (χ0n) is 10.8. The summed E-state index contributed by atoms with van der Waals surface area (Å²) in [6.07, 6.45) is 0.843. The van der Waals surface area contributed by atoms with Gasteiger partial charge in [0.1, 0.15) is 0 Å². The minimum Gasteiger partial charge on any atom is -0.464 e. The molecule has 18 heavy (non-hydrogen) atoms. The van der Waals surface area contributed by atoms with Gasteiger partial charge in [0, 0.05) is 0 Å². The van der Waals surface area contributed by atoms with Crippen LogP contribution in [0.25, 0.3) is 0 Å². The predicted octanol–water partition coefficient (Wildman–Crippen LogP) is -0.0425. The highest BCUT2D eigenvalue weighted by Gasteiger charge is 2.52. The Hall–Kier alpha value is -1.43. The summed E-state index contributed by atoms with van der Waals surface area (Å²) >= 11 is 0. The van der Waals surface area contributed by atoms with Gasteiger partial charge >= 0.3 is 5.97 Å². The predicted molar refractivity (Wildman–Crippen MR) is 62.4 cm³/mol. The quantitative estimate of drug-likeness (QED) is 0.510. The second-order valence-electron chi connectivity index (χ2n) is 4.22. The highest BCUT2D eigenvalue weighted by molar-refractivity contribution is 5.93. The van der Waals surface area contributed by atoms with E-state index in [2.05, 4.69) is 5.32 Å². The number of ether oxygens (including phenoxy) is 2. The first-order valence-corrected chi connectivity index (χ1v) is 6.05. The molecule has 6 heteroatoms. The number of hydrogen-bond acceptors (Lipinski definition) is 5. The Labute approximate surface area is 106 Å². The summed E-state index contributed by atoms with van der Waals surface area (Å²) in [6.45, 7) is 5.67. The highest BCUT2D eigenvalue weighted by Crippen LogP contribution is 2.24. The lowest BCUT2D eigenvalue weighted by molar-refractivity contribution is -0.144. The standard InChI is InChI=1S/C12H18NO5/c1-4-7(3)8(6-14)13-11(15)9-10(18-9)12(16)17-5-2/h7-10H,4-5H2,1-3H3,(H,13,15)/t7-,8+,9-,10-/m0/s1. The Morgan fingerprint density at radius 2 is 2.06 bits per heavy atom. The smallest absolute Gasteiger partial charge is 0.338 e. The van der Waals surface area contributed by atoms with Gasteiger partial charge in [0.2, 0.25) is 6.29 Å². The summed E-state index contributed by atoms with van der Waals surface area (Å²) in [7, 11) is 0. The fraction of sp³-hybridized carbons (Fsp3) is 0.750. The van der Waals surface area contributed by atoms with Crippen LogP contribution in [0.2, 0.25) is 0 Å². The lowest BCUT2D eigenvalue weighted by Gasteiger charge is -2.17. The lowest BCUT2D eigenvalue weighted by Crippen LogP contribution is -2.43. The van der Waals surface area contributed by atoms with E-state index in [1.807, 2.05) is 13.8 Å². The first-order valence-electron chi connectivity index (χ1n) is 6.05. The van der Waals surface area contributed by atoms with Gasteiger partial charge in [0.25, 0.3) is 5.91 Å². The van der Waals surface area contributed by atoms with E-state index in [1.54, 1.807) is 13.2 Å². The molecule has 6 nitrogen and oxygen atoms in total. The van der Waals surface area contributed by atoms with E-state index in [1.165, 1.54) is 0 Å². The van der Waals surface area contributed by atoms with Crippen LogP contribution in [-0.2, 0) is 23.9 Å². The molecule has 0 aliphatic carbocycles. The van der Waals surface area contributed by atoms with Gasteiger partial charge < -0.3 is 14.8 Å². The molecule has 0 aromatic heterocycles. The highest BCUT2D eigenvalue weighted by atomic mass is 16.6. The molecule has 1 rings (SSSR count). The van der Waals surface area contributed by atoms with Gasteiger partial charge in [0.15, 0.2) is 12.2 Å². The average molecular weight is 256 g/mol. The van der Waals surface area contributed by atoms with Crippen LogP contribution in [0.3, 0.4) is 0 Å². The minimum atomic E-state index is -0.844. The molecule has 0 saturated carbocycles. The molecule has 1 fully saturated rings. The second kappa shape index (κ2) is 6.49. The minimum absolute atomic E-state index is 0.00811. The van der Waals surface area contributed by atoms with E-state index in [9.17, 15) is 14.4 Å². The molecule has 0 bridgehead atoms. The van der Waals surface area contributed by atoms with Gasteiger partial charge in [0.05, 0.1) is 12.6 Å². The number of rotatable bonds is 7. The largest absolute Gasteiger partial charge is 0.464 e. The van der Waals surface area contributed by atoms with Crippen molar-refractivity contribution in [2.24, 2.45) is 5.92 Å². The number of amides is 1. The SMILES string of the molecule is CCOC(=O)[C@H]1O[C@@H]1C(=O)N[C@H]([C]=O)[C@@H](C)CC. The maximum absolute atomic E-state index is 11.7. The summed E-state index contributed by atoms with van der Waals surface area (Å²) < 4.78 is 9.66. The first-order chi connectivity index (χ1) is 8.54. The molecule has 0 aromatic carbocycles. The molecule has 1 radical (unpaired) electrons. The van der Waals surface area contributed by atoms with Crippen LogP contribution >= 0.6 is 0 Å². The maximum Gasteiger partial charge on any atom is 0.338 e. The fourth-order valence-electron chi connectivity index (χ4n) is 1.47. The van der Waals surface area contributed by atoms with Crippen LogP contribution in [0, 0.1) is 5.92 Å². The van der Waals surface area contributed by atoms with E-state index in [4.69, 9.17) is 9.47 Å². The van der Waals surface area contributed by atoms with Crippen LogP contribution in [0.4, 0.5) is 0 Å². The summed E-state index contributed by atoms with van der Waals surface area (Å²) in [4.78, 5) is 33.7. The molecular weight excluding hydrogens is 238 g/mol. The molecule has 1 amide bonds. The summed E-state index contributed by atoms with van der Waals surface area (Å²) in [5, 5.41) is 2.51. The molecule has 0 spiro atoms. The zero-order chi connectivity index (χ0) is 13.7. The van der Waals surface area contributed by atoms with Crippen molar-refractivity contribution < 1.29 is 23.9 Å². The Morgan fingerprint density at radius 3 is 2.56 bits per heavy atom. The van der Waals surface area contributed by atoms with Gasteiger partial charge in [-0.25, -0.2) is 4.79 Å². The zero-order valence-corrected chi connectivity index (χ0v) is 10.8. The van der Waals surface area contributed by atoms with Crippen molar-refractivity contribution in [1.29, 1.82) is 0 Å². The third-order valence-corrected chi connectivity index (χ3v) is 2.91. The van der Waals surface area contributed by atoms with Gasteiger partial charge in [-0.1, -0.05) is 20.3 Å². The van der Waals surface area contributed by atoms with E-state index < -0.39 is 30.1 Å². The number of carbonyl (C=O) groups is 2. The molecule has 1 aliphatic heterocycles. The monoisotopic (exact) mass is 256 g/mol. The van der Waals surface area contributed by atoms with Crippen molar-refractivity contribution in [3.05, 3.63) is 0 Å². The summed E-state index contributed by atoms with van der Waals surface area (Å²) in [5.41, 5.74) is 0. The van der Waals surface area contributed by atoms with Crippen molar-refractivity contribution in [3.8, 4) is 0 Å². The van der Waals surface area contributed by atoms with E-state index >= 15 is 0 Å². The Morgan fingerprint density at radius 1 is 1.39 bits per heavy atom. The second-order valence-corrected chi connectivity index (χ2v) is 4.22. The van der Waals surface area contributed by atoms with Crippen molar-refractivity contribution in [3.63, 3.8) is 0 Å². The van der Waals surface area contributed by atoms with Crippen molar-refractivity contribution in [2.75, 3.05) is 6.61 Å². The van der Waals surface area contributed by atoms with Crippen molar-refractivity contribution >= 4 is 18.2 Å². The number of esters is 1. The molecule has 4 atom stereocenters. The number of epoxide rings is 1. The summed E-state index contributed by atoms with van der Waals surface area (Å²) in [5.74, 6) is -1.03.